The Morgan fingerprint density at radius 3 is 2.61 bits per heavy atom. The maximum atomic E-state index is 10.8. The van der Waals surface area contributed by atoms with Crippen molar-refractivity contribution in [2.75, 3.05) is 19.8 Å². The molecule has 1 aliphatic carbocycles. The smallest absolute Gasteiger partial charge is 0.307 e. The van der Waals surface area contributed by atoms with Gasteiger partial charge in [0.2, 0.25) is 0 Å². The highest BCUT2D eigenvalue weighted by atomic mass is 16.5. The third-order valence-corrected chi connectivity index (χ3v) is 3.12. The minimum Gasteiger partial charge on any atom is -0.491 e. The number of ether oxygens (including phenoxy) is 2. The molecule has 18 heavy (non-hydrogen) atoms. The quantitative estimate of drug-likeness (QED) is 0.754. The van der Waals surface area contributed by atoms with Crippen LogP contribution in [0.25, 0.3) is 0 Å². The van der Waals surface area contributed by atoms with E-state index in [4.69, 9.17) is 14.6 Å². The molecule has 0 bridgehead atoms. The number of carbonyl (C=O) groups is 1. The van der Waals surface area contributed by atoms with Gasteiger partial charge in [0, 0.05) is 6.61 Å². The molecule has 4 heteroatoms. The zero-order chi connectivity index (χ0) is 13.0. The van der Waals surface area contributed by atoms with Crippen molar-refractivity contribution in [2.24, 2.45) is 5.92 Å². The summed E-state index contributed by atoms with van der Waals surface area (Å²) in [5.41, 5.74) is 1.08. The van der Waals surface area contributed by atoms with Gasteiger partial charge in [0.25, 0.3) is 0 Å². The third kappa shape index (κ3) is 3.23. The van der Waals surface area contributed by atoms with Gasteiger partial charge in [-0.2, -0.15) is 0 Å². The Hall–Kier alpha value is -1.55. The lowest BCUT2D eigenvalue weighted by molar-refractivity contribution is -0.138. The van der Waals surface area contributed by atoms with Crippen molar-refractivity contribution in [3.05, 3.63) is 29.8 Å². The van der Waals surface area contributed by atoms with Crippen LogP contribution in [-0.2, 0) is 9.53 Å². The van der Waals surface area contributed by atoms with E-state index in [-0.39, 0.29) is 11.8 Å². The topological polar surface area (TPSA) is 55.8 Å². The fraction of sp³-hybridized carbons (Fsp3) is 0.500. The monoisotopic (exact) mass is 250 g/mol. The van der Waals surface area contributed by atoms with Crippen LogP contribution < -0.4 is 4.74 Å². The fourth-order valence-electron chi connectivity index (χ4n) is 2.01. The first-order chi connectivity index (χ1) is 8.72. The zero-order valence-electron chi connectivity index (χ0n) is 10.5. The molecule has 0 radical (unpaired) electrons. The Labute approximate surface area is 107 Å². The lowest BCUT2D eigenvalue weighted by Gasteiger charge is -2.07. The van der Waals surface area contributed by atoms with Gasteiger partial charge in [-0.15, -0.1) is 0 Å². The summed E-state index contributed by atoms with van der Waals surface area (Å²) in [4.78, 5) is 10.8. The van der Waals surface area contributed by atoms with Crippen LogP contribution in [0.5, 0.6) is 5.75 Å². The van der Waals surface area contributed by atoms with Crippen molar-refractivity contribution in [3.63, 3.8) is 0 Å². The molecule has 0 heterocycles. The third-order valence-electron chi connectivity index (χ3n) is 3.12. The largest absolute Gasteiger partial charge is 0.491 e. The van der Waals surface area contributed by atoms with E-state index in [9.17, 15) is 4.79 Å². The molecule has 0 aliphatic heterocycles. The van der Waals surface area contributed by atoms with E-state index in [0.717, 1.165) is 17.7 Å². The second kappa shape index (κ2) is 5.87. The SMILES string of the molecule is CCOCCOc1ccc(C2CC2C(=O)O)cc1. The molecule has 1 aliphatic rings. The minimum atomic E-state index is -0.697. The molecule has 2 rings (SSSR count). The Bertz CT molecular complexity index is 399. The van der Waals surface area contributed by atoms with E-state index < -0.39 is 5.97 Å². The first-order valence-electron chi connectivity index (χ1n) is 6.25. The number of benzene rings is 1. The molecular formula is C14H18O4. The van der Waals surface area contributed by atoms with Gasteiger partial charge < -0.3 is 14.6 Å². The second-order valence-corrected chi connectivity index (χ2v) is 4.40. The van der Waals surface area contributed by atoms with Crippen LogP contribution in [-0.4, -0.2) is 30.9 Å². The molecule has 1 aromatic rings. The molecule has 0 spiro atoms. The fourth-order valence-corrected chi connectivity index (χ4v) is 2.01. The van der Waals surface area contributed by atoms with Crippen molar-refractivity contribution in [1.82, 2.24) is 0 Å². The normalized spacial score (nSPS) is 21.6. The first-order valence-corrected chi connectivity index (χ1v) is 6.25. The molecular weight excluding hydrogens is 232 g/mol. The standard InChI is InChI=1S/C14H18O4/c1-2-17-7-8-18-11-5-3-10(4-6-11)12-9-13(12)14(15)16/h3-6,12-13H,2,7-9H2,1H3,(H,15,16). The molecule has 0 saturated heterocycles. The number of carboxylic acids is 1. The summed E-state index contributed by atoms with van der Waals surface area (Å²) in [6.07, 6.45) is 0.750. The predicted molar refractivity (Wildman–Crippen MR) is 66.9 cm³/mol. The number of hydrogen-bond acceptors (Lipinski definition) is 3. The summed E-state index contributed by atoms with van der Waals surface area (Å²) in [5.74, 6) is 0.0812. The Morgan fingerprint density at radius 2 is 2.06 bits per heavy atom. The number of rotatable bonds is 7. The highest BCUT2D eigenvalue weighted by Gasteiger charge is 2.43. The summed E-state index contributed by atoms with van der Waals surface area (Å²) < 4.78 is 10.7. The second-order valence-electron chi connectivity index (χ2n) is 4.40. The van der Waals surface area contributed by atoms with Gasteiger partial charge in [0.15, 0.2) is 0 Å². The molecule has 1 fully saturated rings. The van der Waals surface area contributed by atoms with Crippen LogP contribution in [0.2, 0.25) is 0 Å². The highest BCUT2D eigenvalue weighted by molar-refractivity contribution is 5.75. The van der Waals surface area contributed by atoms with Gasteiger partial charge >= 0.3 is 5.97 Å². The van der Waals surface area contributed by atoms with E-state index in [1.54, 1.807) is 0 Å². The molecule has 1 saturated carbocycles. The molecule has 0 aromatic heterocycles. The molecule has 0 amide bonds. The van der Waals surface area contributed by atoms with Gasteiger partial charge in [-0.3, -0.25) is 4.79 Å². The Balaban J connectivity index is 1.81. The van der Waals surface area contributed by atoms with E-state index >= 15 is 0 Å². The van der Waals surface area contributed by atoms with Gasteiger partial charge in [-0.05, 0) is 37.0 Å². The molecule has 1 N–H and O–H groups in total. The highest BCUT2D eigenvalue weighted by Crippen LogP contribution is 2.47. The molecule has 98 valence electrons. The zero-order valence-corrected chi connectivity index (χ0v) is 10.5. The summed E-state index contributed by atoms with van der Waals surface area (Å²) in [6, 6.07) is 7.67. The average molecular weight is 250 g/mol. The molecule has 2 unspecified atom stereocenters. The van der Waals surface area contributed by atoms with E-state index in [2.05, 4.69) is 0 Å². The van der Waals surface area contributed by atoms with Crippen LogP contribution in [0.4, 0.5) is 0 Å². The Morgan fingerprint density at radius 1 is 1.33 bits per heavy atom. The number of carboxylic acid groups (broad SMARTS) is 1. The molecule has 1 aromatic carbocycles. The van der Waals surface area contributed by atoms with Crippen LogP contribution in [0.3, 0.4) is 0 Å². The van der Waals surface area contributed by atoms with Crippen molar-refractivity contribution < 1.29 is 19.4 Å². The summed E-state index contributed by atoms with van der Waals surface area (Å²) >= 11 is 0. The summed E-state index contributed by atoms with van der Waals surface area (Å²) in [5, 5.41) is 8.87. The van der Waals surface area contributed by atoms with Crippen molar-refractivity contribution in [1.29, 1.82) is 0 Å². The van der Waals surface area contributed by atoms with Gasteiger partial charge in [-0.25, -0.2) is 0 Å². The van der Waals surface area contributed by atoms with Crippen LogP contribution in [0.1, 0.15) is 24.8 Å². The van der Waals surface area contributed by atoms with Gasteiger partial charge in [0.1, 0.15) is 12.4 Å². The minimum absolute atomic E-state index is 0.181. The van der Waals surface area contributed by atoms with E-state index in [1.165, 1.54) is 0 Å². The van der Waals surface area contributed by atoms with Gasteiger partial charge in [0.05, 0.1) is 12.5 Å². The van der Waals surface area contributed by atoms with Crippen LogP contribution in [0.15, 0.2) is 24.3 Å². The maximum Gasteiger partial charge on any atom is 0.307 e. The van der Waals surface area contributed by atoms with Crippen LogP contribution >= 0.6 is 0 Å². The average Bonchev–Trinajstić information content (AvgIpc) is 3.16. The number of aliphatic carboxylic acids is 1. The van der Waals surface area contributed by atoms with Gasteiger partial charge in [-0.1, -0.05) is 12.1 Å². The number of hydrogen-bond donors (Lipinski definition) is 1. The van der Waals surface area contributed by atoms with Crippen molar-refractivity contribution >= 4 is 5.97 Å². The van der Waals surface area contributed by atoms with Crippen molar-refractivity contribution in [3.8, 4) is 5.75 Å². The lowest BCUT2D eigenvalue weighted by atomic mass is 10.1. The lowest BCUT2D eigenvalue weighted by Crippen LogP contribution is -2.06. The maximum absolute atomic E-state index is 10.8. The summed E-state index contributed by atoms with van der Waals surface area (Å²) in [7, 11) is 0. The van der Waals surface area contributed by atoms with E-state index in [0.29, 0.717) is 19.8 Å². The summed E-state index contributed by atoms with van der Waals surface area (Å²) in [6.45, 7) is 3.76. The molecule has 4 nitrogen and oxygen atoms in total. The Kier molecular flexibility index (Phi) is 4.20. The van der Waals surface area contributed by atoms with Crippen molar-refractivity contribution in [2.45, 2.75) is 19.3 Å². The predicted octanol–water partition coefficient (Wildman–Crippen LogP) is 2.29. The van der Waals surface area contributed by atoms with E-state index in [1.807, 2.05) is 31.2 Å². The molecule has 2 atom stereocenters. The first kappa shape index (κ1) is 12.9. The van der Waals surface area contributed by atoms with Crippen LogP contribution in [0, 0.1) is 5.92 Å².